The molecule has 0 atom stereocenters. The molecule has 0 unspecified atom stereocenters. The third-order valence-electron chi connectivity index (χ3n) is 3.51. The number of rotatable bonds is 4. The first-order valence-corrected chi connectivity index (χ1v) is 7.61. The zero-order chi connectivity index (χ0) is 14.8. The van der Waals surface area contributed by atoms with E-state index in [0.717, 1.165) is 18.4 Å². The van der Waals surface area contributed by atoms with E-state index in [9.17, 15) is 4.39 Å². The van der Waals surface area contributed by atoms with Crippen LogP contribution in [0.25, 0.3) is 10.9 Å². The summed E-state index contributed by atoms with van der Waals surface area (Å²) in [5.74, 6) is -0.327. The Morgan fingerprint density at radius 2 is 2.19 bits per heavy atom. The molecule has 0 fully saturated rings. The minimum atomic E-state index is -0.327. The van der Waals surface area contributed by atoms with Gasteiger partial charge in [0, 0.05) is 35.7 Å². The standard InChI is InChI=1S/C16H16FN3S/c1-20(8-6-11-4-3-9-21-11)16-13(17)10-14(18)12-5-2-7-19-15(12)16/h2-5,7,9-10H,6,8,18H2,1H3. The van der Waals surface area contributed by atoms with Gasteiger partial charge in [0.1, 0.15) is 0 Å². The van der Waals surface area contributed by atoms with E-state index >= 15 is 0 Å². The van der Waals surface area contributed by atoms with Gasteiger partial charge in [-0.3, -0.25) is 4.98 Å². The van der Waals surface area contributed by atoms with Gasteiger partial charge < -0.3 is 10.6 Å². The van der Waals surface area contributed by atoms with Gasteiger partial charge in [0.25, 0.3) is 0 Å². The Balaban J connectivity index is 1.95. The topological polar surface area (TPSA) is 42.1 Å². The number of nitrogen functional groups attached to an aromatic ring is 1. The van der Waals surface area contributed by atoms with Crippen molar-refractivity contribution in [1.82, 2.24) is 4.98 Å². The largest absolute Gasteiger partial charge is 0.398 e. The number of fused-ring (bicyclic) bond motifs is 1. The van der Waals surface area contributed by atoms with Crippen molar-refractivity contribution in [1.29, 1.82) is 0 Å². The number of hydrogen-bond acceptors (Lipinski definition) is 4. The molecule has 0 radical (unpaired) electrons. The molecule has 0 amide bonds. The van der Waals surface area contributed by atoms with Gasteiger partial charge in [0.2, 0.25) is 0 Å². The summed E-state index contributed by atoms with van der Waals surface area (Å²) >= 11 is 1.71. The molecule has 0 bridgehead atoms. The van der Waals surface area contributed by atoms with E-state index in [1.165, 1.54) is 10.9 Å². The average Bonchev–Trinajstić information content (AvgIpc) is 2.98. The summed E-state index contributed by atoms with van der Waals surface area (Å²) in [4.78, 5) is 7.50. The van der Waals surface area contributed by atoms with Crippen molar-refractivity contribution in [3.63, 3.8) is 0 Å². The van der Waals surface area contributed by atoms with Crippen molar-refractivity contribution >= 4 is 33.6 Å². The van der Waals surface area contributed by atoms with E-state index in [2.05, 4.69) is 16.4 Å². The molecule has 2 N–H and O–H groups in total. The molecule has 21 heavy (non-hydrogen) atoms. The number of pyridine rings is 1. The minimum absolute atomic E-state index is 0.327. The van der Waals surface area contributed by atoms with Crippen LogP contribution in [-0.2, 0) is 6.42 Å². The highest BCUT2D eigenvalue weighted by molar-refractivity contribution is 7.09. The monoisotopic (exact) mass is 301 g/mol. The number of halogens is 1. The first-order valence-electron chi connectivity index (χ1n) is 6.73. The Morgan fingerprint density at radius 1 is 1.33 bits per heavy atom. The Bertz CT molecular complexity index is 756. The smallest absolute Gasteiger partial charge is 0.150 e. The van der Waals surface area contributed by atoms with Crippen LogP contribution in [0.2, 0.25) is 0 Å². The number of nitrogens with zero attached hydrogens (tertiary/aromatic N) is 2. The van der Waals surface area contributed by atoms with Crippen LogP contribution in [0.5, 0.6) is 0 Å². The number of hydrogen-bond donors (Lipinski definition) is 1. The SMILES string of the molecule is CN(CCc1cccs1)c1c(F)cc(N)c2cccnc12. The number of nitrogens with two attached hydrogens (primary N) is 1. The number of benzene rings is 1. The molecular formula is C16H16FN3S. The molecule has 108 valence electrons. The average molecular weight is 301 g/mol. The summed E-state index contributed by atoms with van der Waals surface area (Å²) in [6, 6.07) is 9.18. The van der Waals surface area contributed by atoms with Crippen molar-refractivity contribution in [3.8, 4) is 0 Å². The number of aromatic nitrogens is 1. The van der Waals surface area contributed by atoms with Gasteiger partial charge in [-0.15, -0.1) is 11.3 Å². The van der Waals surface area contributed by atoms with Gasteiger partial charge in [0.05, 0.1) is 11.2 Å². The normalized spacial score (nSPS) is 11.0. The summed E-state index contributed by atoms with van der Waals surface area (Å²) in [5, 5.41) is 2.84. The lowest BCUT2D eigenvalue weighted by Gasteiger charge is -2.21. The third-order valence-corrected chi connectivity index (χ3v) is 4.44. The quantitative estimate of drug-likeness (QED) is 0.747. The number of likely N-dealkylation sites (N-methyl/N-ethyl adjacent to an activating group) is 1. The van der Waals surface area contributed by atoms with E-state index in [-0.39, 0.29) is 5.82 Å². The van der Waals surface area contributed by atoms with Crippen molar-refractivity contribution in [3.05, 3.63) is 52.6 Å². The first kappa shape index (κ1) is 13.8. The molecule has 0 spiro atoms. The van der Waals surface area contributed by atoms with Gasteiger partial charge in [0.15, 0.2) is 5.82 Å². The van der Waals surface area contributed by atoms with Gasteiger partial charge in [-0.25, -0.2) is 4.39 Å². The summed E-state index contributed by atoms with van der Waals surface area (Å²) in [7, 11) is 1.89. The maximum atomic E-state index is 14.3. The third kappa shape index (κ3) is 2.69. The van der Waals surface area contributed by atoms with Crippen LogP contribution in [0.1, 0.15) is 4.88 Å². The second-order valence-electron chi connectivity index (χ2n) is 4.95. The van der Waals surface area contributed by atoms with Crippen LogP contribution in [0.4, 0.5) is 15.8 Å². The maximum Gasteiger partial charge on any atom is 0.150 e. The molecule has 2 heterocycles. The van der Waals surface area contributed by atoms with E-state index in [1.807, 2.05) is 30.1 Å². The zero-order valence-corrected chi connectivity index (χ0v) is 12.5. The Kier molecular flexibility index (Phi) is 3.75. The molecule has 1 aromatic carbocycles. The van der Waals surface area contributed by atoms with Gasteiger partial charge in [-0.1, -0.05) is 6.07 Å². The number of anilines is 2. The highest BCUT2D eigenvalue weighted by Crippen LogP contribution is 2.31. The van der Waals surface area contributed by atoms with Crippen LogP contribution in [0.15, 0.2) is 41.9 Å². The molecular weight excluding hydrogens is 285 g/mol. The number of thiophene rings is 1. The maximum absolute atomic E-state index is 14.3. The summed E-state index contributed by atoms with van der Waals surface area (Å²) in [6.07, 6.45) is 2.55. The van der Waals surface area contributed by atoms with Crippen molar-refractivity contribution < 1.29 is 4.39 Å². The molecule has 0 aliphatic heterocycles. The summed E-state index contributed by atoms with van der Waals surface area (Å²) < 4.78 is 14.3. The molecule has 0 saturated heterocycles. The Hall–Kier alpha value is -2.14. The summed E-state index contributed by atoms with van der Waals surface area (Å²) in [6.45, 7) is 0.729. The van der Waals surface area contributed by atoms with E-state index in [4.69, 9.17) is 5.73 Å². The lowest BCUT2D eigenvalue weighted by atomic mass is 10.1. The fourth-order valence-corrected chi connectivity index (χ4v) is 3.13. The zero-order valence-electron chi connectivity index (χ0n) is 11.7. The molecule has 5 heteroatoms. The van der Waals surface area contributed by atoms with Crippen molar-refractivity contribution in [2.75, 3.05) is 24.2 Å². The Morgan fingerprint density at radius 3 is 2.95 bits per heavy atom. The highest BCUT2D eigenvalue weighted by atomic mass is 32.1. The fraction of sp³-hybridized carbons (Fsp3) is 0.188. The predicted octanol–water partition coefficient (Wildman–Crippen LogP) is 3.70. The summed E-state index contributed by atoms with van der Waals surface area (Å²) in [5.41, 5.74) is 7.43. The van der Waals surface area contributed by atoms with E-state index < -0.39 is 0 Å². The predicted molar refractivity (Wildman–Crippen MR) is 87.4 cm³/mol. The van der Waals surface area contributed by atoms with E-state index in [0.29, 0.717) is 16.9 Å². The molecule has 0 aliphatic rings. The highest BCUT2D eigenvalue weighted by Gasteiger charge is 2.15. The molecule has 0 aliphatic carbocycles. The molecule has 3 rings (SSSR count). The van der Waals surface area contributed by atoms with Crippen LogP contribution in [0, 0.1) is 5.82 Å². The van der Waals surface area contributed by atoms with Crippen molar-refractivity contribution in [2.45, 2.75) is 6.42 Å². The Labute approximate surface area is 126 Å². The van der Waals surface area contributed by atoms with Crippen LogP contribution >= 0.6 is 11.3 Å². The second-order valence-corrected chi connectivity index (χ2v) is 5.98. The minimum Gasteiger partial charge on any atom is -0.398 e. The molecule has 3 nitrogen and oxygen atoms in total. The van der Waals surface area contributed by atoms with Gasteiger partial charge >= 0.3 is 0 Å². The second kappa shape index (κ2) is 5.69. The van der Waals surface area contributed by atoms with E-state index in [1.54, 1.807) is 17.5 Å². The first-order chi connectivity index (χ1) is 10.2. The molecule has 2 aromatic heterocycles. The lowest BCUT2D eigenvalue weighted by molar-refractivity contribution is 0.624. The van der Waals surface area contributed by atoms with Crippen LogP contribution < -0.4 is 10.6 Å². The van der Waals surface area contributed by atoms with Crippen LogP contribution in [-0.4, -0.2) is 18.6 Å². The fourth-order valence-electron chi connectivity index (χ4n) is 2.43. The van der Waals surface area contributed by atoms with Gasteiger partial charge in [-0.05, 0) is 36.1 Å². The van der Waals surface area contributed by atoms with Gasteiger partial charge in [-0.2, -0.15) is 0 Å². The van der Waals surface area contributed by atoms with Crippen LogP contribution in [0.3, 0.4) is 0 Å². The van der Waals surface area contributed by atoms with Crippen molar-refractivity contribution in [2.24, 2.45) is 0 Å². The lowest BCUT2D eigenvalue weighted by Crippen LogP contribution is -2.22. The molecule has 0 saturated carbocycles. The molecule has 3 aromatic rings.